The number of hydrogen-bond acceptors (Lipinski definition) is 3. The van der Waals surface area contributed by atoms with E-state index in [1.54, 1.807) is 12.1 Å². The minimum atomic E-state index is -4.46. The minimum Gasteiger partial charge on any atom is -0.370 e. The molecule has 27 heavy (non-hydrogen) atoms. The highest BCUT2D eigenvalue weighted by Gasteiger charge is 2.30. The molecule has 1 aliphatic heterocycles. The van der Waals surface area contributed by atoms with Gasteiger partial charge in [0.05, 0.1) is 16.9 Å². The molecule has 0 unspecified atom stereocenters. The Balaban J connectivity index is 1.87. The number of alkyl halides is 3. The fourth-order valence-electron chi connectivity index (χ4n) is 3.03. The molecule has 0 aliphatic carbocycles. The number of primary amides is 1. The molecular formula is C19H18F3N3O2. The van der Waals surface area contributed by atoms with Crippen LogP contribution < -0.4 is 16.0 Å². The lowest BCUT2D eigenvalue weighted by atomic mass is 10.1. The molecule has 142 valence electrons. The van der Waals surface area contributed by atoms with Gasteiger partial charge in [-0.3, -0.25) is 9.59 Å². The summed E-state index contributed by atoms with van der Waals surface area (Å²) in [7, 11) is 0. The Morgan fingerprint density at radius 1 is 0.963 bits per heavy atom. The summed E-state index contributed by atoms with van der Waals surface area (Å²) in [6.45, 7) is 1.64. The summed E-state index contributed by atoms with van der Waals surface area (Å²) >= 11 is 0. The van der Waals surface area contributed by atoms with E-state index in [0.29, 0.717) is 5.69 Å². The topological polar surface area (TPSA) is 75.4 Å². The number of nitrogens with one attached hydrogen (secondary N) is 1. The predicted octanol–water partition coefficient (Wildman–Crippen LogP) is 3.66. The van der Waals surface area contributed by atoms with E-state index < -0.39 is 23.6 Å². The van der Waals surface area contributed by atoms with E-state index in [1.807, 2.05) is 0 Å². The first kappa shape index (κ1) is 18.8. The van der Waals surface area contributed by atoms with Crippen molar-refractivity contribution in [3.05, 3.63) is 59.2 Å². The summed E-state index contributed by atoms with van der Waals surface area (Å²) in [5, 5.41) is 2.69. The molecule has 1 aliphatic rings. The lowest BCUT2D eigenvalue weighted by Gasteiger charge is -2.22. The van der Waals surface area contributed by atoms with Crippen molar-refractivity contribution in [1.82, 2.24) is 0 Å². The molecule has 1 fully saturated rings. The molecule has 0 saturated carbocycles. The second kappa shape index (κ2) is 7.30. The molecule has 5 nitrogen and oxygen atoms in total. The molecule has 3 N–H and O–H groups in total. The monoisotopic (exact) mass is 377 g/mol. The molecule has 2 aromatic rings. The summed E-state index contributed by atoms with van der Waals surface area (Å²) in [6, 6.07) is 8.74. The van der Waals surface area contributed by atoms with Gasteiger partial charge >= 0.3 is 6.18 Å². The van der Waals surface area contributed by atoms with Gasteiger partial charge in [-0.25, -0.2) is 0 Å². The van der Waals surface area contributed by atoms with E-state index in [-0.39, 0.29) is 11.1 Å². The van der Waals surface area contributed by atoms with Gasteiger partial charge in [-0.05, 0) is 55.3 Å². The van der Waals surface area contributed by atoms with Crippen LogP contribution in [0.1, 0.15) is 39.1 Å². The maximum Gasteiger partial charge on any atom is 0.416 e. The van der Waals surface area contributed by atoms with Crippen LogP contribution in [0.5, 0.6) is 0 Å². The van der Waals surface area contributed by atoms with Crippen LogP contribution in [0.2, 0.25) is 0 Å². The maximum atomic E-state index is 12.7. The summed E-state index contributed by atoms with van der Waals surface area (Å²) in [6.07, 6.45) is -2.43. The normalized spacial score (nSPS) is 14.3. The lowest BCUT2D eigenvalue weighted by Crippen LogP contribution is -2.22. The highest BCUT2D eigenvalue weighted by molar-refractivity contribution is 6.07. The van der Waals surface area contributed by atoms with Crippen molar-refractivity contribution in [2.75, 3.05) is 23.3 Å². The maximum absolute atomic E-state index is 12.7. The number of hydrogen-bond donors (Lipinski definition) is 2. The number of benzene rings is 2. The van der Waals surface area contributed by atoms with Gasteiger partial charge in [0.15, 0.2) is 0 Å². The summed E-state index contributed by atoms with van der Waals surface area (Å²) < 4.78 is 38.0. The molecule has 0 radical (unpaired) electrons. The Morgan fingerprint density at radius 2 is 1.56 bits per heavy atom. The van der Waals surface area contributed by atoms with Crippen LogP contribution in [-0.2, 0) is 6.18 Å². The second-order valence-corrected chi connectivity index (χ2v) is 6.32. The zero-order chi connectivity index (χ0) is 19.6. The van der Waals surface area contributed by atoms with Crippen LogP contribution in [0, 0.1) is 0 Å². The quantitative estimate of drug-likeness (QED) is 0.854. The van der Waals surface area contributed by atoms with E-state index in [1.165, 1.54) is 6.07 Å². The fraction of sp³-hybridized carbons (Fsp3) is 0.263. The average molecular weight is 377 g/mol. The van der Waals surface area contributed by atoms with Gasteiger partial charge in [0, 0.05) is 24.2 Å². The molecule has 0 aromatic heterocycles. The predicted molar refractivity (Wildman–Crippen MR) is 95.8 cm³/mol. The molecule has 3 rings (SSSR count). The first-order chi connectivity index (χ1) is 12.8. The molecular weight excluding hydrogens is 359 g/mol. The standard InChI is InChI=1S/C19H18F3N3O2/c20-19(21,22)14-6-3-12(4-7-14)18(27)24-15-11-13(17(23)26)5-8-16(15)25-9-1-2-10-25/h3-8,11H,1-2,9-10H2,(H2,23,26)(H,24,27). The second-order valence-electron chi connectivity index (χ2n) is 6.32. The highest BCUT2D eigenvalue weighted by Crippen LogP contribution is 2.31. The number of halogens is 3. The van der Waals surface area contributed by atoms with Crippen LogP contribution in [0.25, 0.3) is 0 Å². The SMILES string of the molecule is NC(=O)c1ccc(N2CCCC2)c(NC(=O)c2ccc(C(F)(F)F)cc2)c1. The average Bonchev–Trinajstić information content (AvgIpc) is 3.15. The van der Waals surface area contributed by atoms with E-state index in [9.17, 15) is 22.8 Å². The van der Waals surface area contributed by atoms with Crippen molar-refractivity contribution in [2.24, 2.45) is 5.73 Å². The number of nitrogens with zero attached hydrogens (tertiary/aromatic N) is 1. The summed E-state index contributed by atoms with van der Waals surface area (Å²) in [5.74, 6) is -1.20. The van der Waals surface area contributed by atoms with Crippen LogP contribution in [0.15, 0.2) is 42.5 Å². The van der Waals surface area contributed by atoms with Gasteiger partial charge in [-0.2, -0.15) is 13.2 Å². The summed E-state index contributed by atoms with van der Waals surface area (Å²) in [4.78, 5) is 26.0. The molecule has 2 aromatic carbocycles. The fourth-order valence-corrected chi connectivity index (χ4v) is 3.03. The van der Waals surface area contributed by atoms with E-state index in [2.05, 4.69) is 10.2 Å². The zero-order valence-corrected chi connectivity index (χ0v) is 14.3. The van der Waals surface area contributed by atoms with Crippen molar-refractivity contribution < 1.29 is 22.8 Å². The Hall–Kier alpha value is -3.03. The number of nitrogens with two attached hydrogens (primary N) is 1. The molecule has 8 heteroatoms. The van der Waals surface area contributed by atoms with Crippen LogP contribution in [-0.4, -0.2) is 24.9 Å². The third-order valence-electron chi connectivity index (χ3n) is 4.45. The van der Waals surface area contributed by atoms with Crippen LogP contribution in [0.4, 0.5) is 24.5 Å². The van der Waals surface area contributed by atoms with Gasteiger partial charge in [-0.1, -0.05) is 0 Å². The third-order valence-corrected chi connectivity index (χ3v) is 4.45. The molecule has 2 amide bonds. The first-order valence-corrected chi connectivity index (χ1v) is 8.43. The van der Waals surface area contributed by atoms with Crippen molar-refractivity contribution in [1.29, 1.82) is 0 Å². The number of rotatable bonds is 4. The Morgan fingerprint density at radius 3 is 2.11 bits per heavy atom. The van der Waals surface area contributed by atoms with E-state index in [0.717, 1.165) is 55.9 Å². The number of amides is 2. The molecule has 0 atom stereocenters. The Kier molecular flexibility index (Phi) is 5.07. The highest BCUT2D eigenvalue weighted by atomic mass is 19.4. The Bertz CT molecular complexity index is 857. The van der Waals surface area contributed by atoms with Gasteiger partial charge in [0.25, 0.3) is 5.91 Å². The third kappa shape index (κ3) is 4.21. The van der Waals surface area contributed by atoms with Crippen molar-refractivity contribution in [3.8, 4) is 0 Å². The van der Waals surface area contributed by atoms with Gasteiger partial charge < -0.3 is 16.0 Å². The summed E-state index contributed by atoms with van der Waals surface area (Å²) in [5.41, 5.74) is 5.96. The molecule has 1 heterocycles. The van der Waals surface area contributed by atoms with Gasteiger partial charge in [0.2, 0.25) is 5.91 Å². The van der Waals surface area contributed by atoms with Crippen molar-refractivity contribution in [3.63, 3.8) is 0 Å². The van der Waals surface area contributed by atoms with E-state index in [4.69, 9.17) is 5.73 Å². The Labute approximate surface area is 154 Å². The van der Waals surface area contributed by atoms with Gasteiger partial charge in [0.1, 0.15) is 0 Å². The van der Waals surface area contributed by atoms with Crippen LogP contribution in [0.3, 0.4) is 0 Å². The number of carbonyl (C=O) groups is 2. The minimum absolute atomic E-state index is 0.0832. The van der Waals surface area contributed by atoms with E-state index >= 15 is 0 Å². The zero-order valence-electron chi connectivity index (χ0n) is 14.3. The first-order valence-electron chi connectivity index (χ1n) is 8.43. The van der Waals surface area contributed by atoms with Gasteiger partial charge in [-0.15, -0.1) is 0 Å². The molecule has 0 bridgehead atoms. The smallest absolute Gasteiger partial charge is 0.370 e. The van der Waals surface area contributed by atoms with Crippen molar-refractivity contribution >= 4 is 23.2 Å². The lowest BCUT2D eigenvalue weighted by molar-refractivity contribution is -0.137. The molecule has 1 saturated heterocycles. The van der Waals surface area contributed by atoms with Crippen LogP contribution >= 0.6 is 0 Å². The number of anilines is 2. The van der Waals surface area contributed by atoms with Crippen molar-refractivity contribution in [2.45, 2.75) is 19.0 Å². The largest absolute Gasteiger partial charge is 0.416 e. The number of carbonyl (C=O) groups excluding carboxylic acids is 2. The molecule has 0 spiro atoms.